The first-order valence-corrected chi connectivity index (χ1v) is 7.91. The van der Waals surface area contributed by atoms with Gasteiger partial charge in [0.25, 0.3) is 0 Å². The van der Waals surface area contributed by atoms with E-state index in [0.29, 0.717) is 17.7 Å². The van der Waals surface area contributed by atoms with Crippen molar-refractivity contribution in [1.82, 2.24) is 10.6 Å². The van der Waals surface area contributed by atoms with Gasteiger partial charge >= 0.3 is 12.0 Å². The van der Waals surface area contributed by atoms with Crippen LogP contribution in [0.3, 0.4) is 0 Å². The number of nitrogens with one attached hydrogen (secondary N) is 2. The van der Waals surface area contributed by atoms with Crippen LogP contribution in [0, 0.1) is 5.82 Å². The number of amides is 2. The quantitative estimate of drug-likeness (QED) is 0.716. The normalized spacial score (nSPS) is 11.8. The Labute approximate surface area is 131 Å². The predicted molar refractivity (Wildman–Crippen MR) is 81.2 cm³/mol. The maximum atomic E-state index is 13.2. The molecule has 116 valence electrons. The number of benzene rings is 1. The van der Waals surface area contributed by atoms with Gasteiger partial charge in [-0.25, -0.2) is 14.0 Å². The average molecular weight is 335 g/mol. The molecule has 5 nitrogen and oxygen atoms in total. The van der Waals surface area contributed by atoms with Crippen molar-refractivity contribution in [2.45, 2.75) is 19.0 Å². The van der Waals surface area contributed by atoms with Crippen molar-refractivity contribution in [2.24, 2.45) is 0 Å². The SMILES string of the molecule is CSCCC(NC(=O)NCc1ccc(Cl)c(F)c1)C(=O)O. The van der Waals surface area contributed by atoms with Gasteiger partial charge in [-0.05, 0) is 36.1 Å². The lowest BCUT2D eigenvalue weighted by Gasteiger charge is -2.14. The number of carbonyl (C=O) groups excluding carboxylic acids is 1. The molecule has 0 radical (unpaired) electrons. The lowest BCUT2D eigenvalue weighted by atomic mass is 10.2. The molecule has 1 unspecified atom stereocenters. The standard InChI is InChI=1S/C13H16ClFN2O3S/c1-21-5-4-11(12(18)19)17-13(20)16-7-8-2-3-9(14)10(15)6-8/h2-3,6,11H,4-5,7H2,1H3,(H,18,19)(H2,16,17,20). The van der Waals surface area contributed by atoms with Crippen LogP contribution in [0.4, 0.5) is 9.18 Å². The Kier molecular flexibility index (Phi) is 7.31. The Morgan fingerprint density at radius 2 is 2.19 bits per heavy atom. The summed E-state index contributed by atoms with van der Waals surface area (Å²) in [5.41, 5.74) is 0.531. The minimum Gasteiger partial charge on any atom is -0.480 e. The number of aliphatic carboxylic acids is 1. The fourth-order valence-electron chi connectivity index (χ4n) is 1.53. The van der Waals surface area contributed by atoms with Crippen LogP contribution in [-0.4, -0.2) is 35.2 Å². The minimum absolute atomic E-state index is 0.00575. The molecule has 21 heavy (non-hydrogen) atoms. The van der Waals surface area contributed by atoms with Gasteiger partial charge in [-0.3, -0.25) is 0 Å². The van der Waals surface area contributed by atoms with E-state index in [2.05, 4.69) is 10.6 Å². The third kappa shape index (κ3) is 6.22. The molecular weight excluding hydrogens is 319 g/mol. The van der Waals surface area contributed by atoms with Crippen molar-refractivity contribution < 1.29 is 19.1 Å². The first-order chi connectivity index (χ1) is 9.93. The Hall–Kier alpha value is -1.47. The Bertz CT molecular complexity index is 516. The smallest absolute Gasteiger partial charge is 0.326 e. The van der Waals surface area contributed by atoms with E-state index in [9.17, 15) is 14.0 Å². The molecule has 0 fully saturated rings. The molecule has 0 aliphatic heterocycles. The summed E-state index contributed by atoms with van der Waals surface area (Å²) in [6, 6.07) is 2.63. The summed E-state index contributed by atoms with van der Waals surface area (Å²) < 4.78 is 13.2. The average Bonchev–Trinajstić information content (AvgIpc) is 2.44. The van der Waals surface area contributed by atoms with Crippen LogP contribution in [0.15, 0.2) is 18.2 Å². The highest BCUT2D eigenvalue weighted by Crippen LogP contribution is 2.15. The van der Waals surface area contributed by atoms with Crippen LogP contribution in [0.1, 0.15) is 12.0 Å². The summed E-state index contributed by atoms with van der Waals surface area (Å²) in [7, 11) is 0. The number of carboxylic acids is 1. The topological polar surface area (TPSA) is 78.4 Å². The molecule has 0 aliphatic carbocycles. The van der Waals surface area contributed by atoms with Crippen molar-refractivity contribution in [2.75, 3.05) is 12.0 Å². The molecule has 1 aromatic rings. The lowest BCUT2D eigenvalue weighted by Crippen LogP contribution is -2.46. The molecule has 0 aromatic heterocycles. The van der Waals surface area contributed by atoms with Gasteiger partial charge in [-0.15, -0.1) is 0 Å². The first-order valence-electron chi connectivity index (χ1n) is 6.14. The number of urea groups is 1. The van der Waals surface area contributed by atoms with Crippen molar-refractivity contribution in [1.29, 1.82) is 0 Å². The van der Waals surface area contributed by atoms with E-state index in [-0.39, 0.29) is 11.6 Å². The fraction of sp³-hybridized carbons (Fsp3) is 0.385. The van der Waals surface area contributed by atoms with Crippen LogP contribution in [-0.2, 0) is 11.3 Å². The number of carbonyl (C=O) groups is 2. The molecule has 3 N–H and O–H groups in total. The molecule has 0 spiro atoms. The van der Waals surface area contributed by atoms with Gasteiger partial charge in [0.1, 0.15) is 11.9 Å². The van der Waals surface area contributed by atoms with Gasteiger partial charge in [-0.2, -0.15) is 11.8 Å². The van der Waals surface area contributed by atoms with Gasteiger partial charge < -0.3 is 15.7 Å². The van der Waals surface area contributed by atoms with E-state index >= 15 is 0 Å². The second-order valence-electron chi connectivity index (χ2n) is 4.25. The number of thioether (sulfide) groups is 1. The molecule has 0 aliphatic rings. The van der Waals surface area contributed by atoms with Crippen molar-refractivity contribution in [3.05, 3.63) is 34.6 Å². The second-order valence-corrected chi connectivity index (χ2v) is 5.64. The van der Waals surface area contributed by atoms with Crippen LogP contribution >= 0.6 is 23.4 Å². The fourth-order valence-corrected chi connectivity index (χ4v) is 2.12. The van der Waals surface area contributed by atoms with E-state index < -0.39 is 23.9 Å². The zero-order valence-electron chi connectivity index (χ0n) is 11.4. The summed E-state index contributed by atoms with van der Waals surface area (Å²) >= 11 is 7.05. The Morgan fingerprint density at radius 1 is 1.48 bits per heavy atom. The van der Waals surface area contributed by atoms with Crippen LogP contribution in [0.5, 0.6) is 0 Å². The summed E-state index contributed by atoms with van der Waals surface area (Å²) in [6.07, 6.45) is 2.19. The van der Waals surface area contributed by atoms with Gasteiger partial charge in [0.05, 0.1) is 5.02 Å². The summed E-state index contributed by atoms with van der Waals surface area (Å²) in [4.78, 5) is 22.6. The van der Waals surface area contributed by atoms with Gasteiger partial charge in [0, 0.05) is 6.54 Å². The van der Waals surface area contributed by atoms with Gasteiger partial charge in [-0.1, -0.05) is 17.7 Å². The first kappa shape index (κ1) is 17.6. The highest BCUT2D eigenvalue weighted by Gasteiger charge is 2.19. The zero-order chi connectivity index (χ0) is 15.8. The highest BCUT2D eigenvalue weighted by molar-refractivity contribution is 7.98. The number of hydrogen-bond donors (Lipinski definition) is 3. The molecule has 0 saturated carbocycles. The number of carboxylic acid groups (broad SMARTS) is 1. The molecule has 0 saturated heterocycles. The molecule has 2 amide bonds. The van der Waals surface area contributed by atoms with Gasteiger partial charge in [0.2, 0.25) is 0 Å². The van der Waals surface area contributed by atoms with E-state index in [4.69, 9.17) is 16.7 Å². The Morgan fingerprint density at radius 3 is 2.76 bits per heavy atom. The summed E-state index contributed by atoms with van der Waals surface area (Å²) in [5.74, 6) is -1.03. The summed E-state index contributed by atoms with van der Waals surface area (Å²) in [6.45, 7) is 0.0782. The van der Waals surface area contributed by atoms with Crippen LogP contribution < -0.4 is 10.6 Å². The number of hydrogen-bond acceptors (Lipinski definition) is 3. The van der Waals surface area contributed by atoms with Gasteiger partial charge in [0.15, 0.2) is 0 Å². The summed E-state index contributed by atoms with van der Waals surface area (Å²) in [5, 5.41) is 13.8. The maximum Gasteiger partial charge on any atom is 0.326 e. The zero-order valence-corrected chi connectivity index (χ0v) is 12.9. The van der Waals surface area contributed by atoms with Crippen LogP contribution in [0.2, 0.25) is 5.02 Å². The molecule has 1 aromatic carbocycles. The van der Waals surface area contributed by atoms with E-state index in [1.165, 1.54) is 23.9 Å². The third-order valence-electron chi connectivity index (χ3n) is 2.65. The third-order valence-corrected chi connectivity index (χ3v) is 3.60. The van der Waals surface area contributed by atoms with Crippen molar-refractivity contribution in [3.63, 3.8) is 0 Å². The lowest BCUT2D eigenvalue weighted by molar-refractivity contribution is -0.139. The van der Waals surface area contributed by atoms with Crippen LogP contribution in [0.25, 0.3) is 0 Å². The van der Waals surface area contributed by atoms with Crippen molar-refractivity contribution >= 4 is 35.4 Å². The van der Waals surface area contributed by atoms with Crippen molar-refractivity contribution in [3.8, 4) is 0 Å². The van der Waals surface area contributed by atoms with E-state index in [1.807, 2.05) is 6.26 Å². The molecule has 0 bridgehead atoms. The molecule has 1 atom stereocenters. The van der Waals surface area contributed by atoms with E-state index in [0.717, 1.165) is 0 Å². The maximum absolute atomic E-state index is 13.2. The predicted octanol–water partition coefficient (Wildman–Crippen LogP) is 2.48. The highest BCUT2D eigenvalue weighted by atomic mass is 35.5. The monoisotopic (exact) mass is 334 g/mol. The Balaban J connectivity index is 2.48. The molecule has 0 heterocycles. The molecular formula is C13H16ClFN2O3S. The number of rotatable bonds is 7. The number of halogens is 2. The largest absolute Gasteiger partial charge is 0.480 e. The molecule has 8 heteroatoms. The minimum atomic E-state index is -1.09. The van der Waals surface area contributed by atoms with E-state index in [1.54, 1.807) is 6.07 Å². The molecule has 1 rings (SSSR count). The second kappa shape index (κ2) is 8.74.